The first-order chi connectivity index (χ1) is 10.9. The van der Waals surface area contributed by atoms with Crippen LogP contribution < -0.4 is 0 Å². The molecule has 3 aromatic carbocycles. The molecule has 2 atom stereocenters. The predicted octanol–water partition coefficient (Wildman–Crippen LogP) is 4.17. The van der Waals surface area contributed by atoms with E-state index in [9.17, 15) is 5.11 Å². The van der Waals surface area contributed by atoms with Gasteiger partial charge in [0.2, 0.25) is 0 Å². The molecule has 22 heavy (non-hydrogen) atoms. The first-order valence-electron chi connectivity index (χ1n) is 7.79. The van der Waals surface area contributed by atoms with E-state index in [0.717, 1.165) is 5.56 Å². The van der Waals surface area contributed by atoms with Gasteiger partial charge < -0.3 is 5.11 Å². The van der Waals surface area contributed by atoms with Gasteiger partial charge in [-0.15, -0.1) is 0 Å². The minimum absolute atomic E-state index is 0.101. The maximum absolute atomic E-state index is 9.52. The third kappa shape index (κ3) is 1.47. The lowest BCUT2D eigenvalue weighted by atomic mass is 9.71. The zero-order chi connectivity index (χ0) is 14.7. The quantitative estimate of drug-likeness (QED) is 0.490. The minimum atomic E-state index is 0.101. The molecule has 0 unspecified atom stereocenters. The van der Waals surface area contributed by atoms with Crippen molar-refractivity contribution in [2.24, 2.45) is 0 Å². The maximum atomic E-state index is 9.52. The Balaban J connectivity index is 1.91. The van der Waals surface area contributed by atoms with Crippen molar-refractivity contribution >= 4 is 0 Å². The number of hydrogen-bond acceptors (Lipinski definition) is 1. The molecule has 1 nitrogen and oxygen atoms in total. The minimum Gasteiger partial charge on any atom is -0.392 e. The van der Waals surface area contributed by atoms with Crippen molar-refractivity contribution in [3.05, 3.63) is 106 Å². The summed E-state index contributed by atoms with van der Waals surface area (Å²) in [4.78, 5) is 0. The van der Waals surface area contributed by atoms with Gasteiger partial charge in [0.1, 0.15) is 0 Å². The fraction of sp³-hybridized carbons (Fsp3) is 0.143. The molecule has 3 aliphatic rings. The molecule has 4 bridgehead atoms. The molecule has 1 N–H and O–H groups in total. The fourth-order valence-corrected chi connectivity index (χ4v) is 4.24. The standard InChI is InChI=1S/C21H16O/c22-12-13-8-9-18-19(10-13)21-15-5-3-4-14(11-15)20(18)16-6-1-2-7-17(16)21/h1-11,20-22H,12H2/t20-,21+/m1/s1. The van der Waals surface area contributed by atoms with Crippen LogP contribution in [0.2, 0.25) is 0 Å². The topological polar surface area (TPSA) is 20.2 Å². The second kappa shape index (κ2) is 4.31. The van der Waals surface area contributed by atoms with Crippen LogP contribution in [0.15, 0.2) is 66.7 Å². The van der Waals surface area contributed by atoms with Crippen molar-refractivity contribution in [1.82, 2.24) is 0 Å². The molecule has 0 aromatic heterocycles. The Hall–Kier alpha value is -2.38. The van der Waals surface area contributed by atoms with E-state index in [-0.39, 0.29) is 12.5 Å². The summed E-state index contributed by atoms with van der Waals surface area (Å²) in [7, 11) is 0. The molecule has 0 amide bonds. The fourth-order valence-electron chi connectivity index (χ4n) is 4.24. The number of hydrogen-bond donors (Lipinski definition) is 1. The van der Waals surface area contributed by atoms with Gasteiger partial charge >= 0.3 is 0 Å². The highest BCUT2D eigenvalue weighted by Crippen LogP contribution is 2.51. The SMILES string of the molecule is OCc1ccc2c(c1)[C@H]1c3cccc(c3)[C@@H]2c2ccccc21. The molecule has 0 saturated heterocycles. The molecule has 0 fully saturated rings. The van der Waals surface area contributed by atoms with Crippen LogP contribution in [-0.4, -0.2) is 5.11 Å². The zero-order valence-electron chi connectivity index (χ0n) is 12.2. The average Bonchev–Trinajstić information content (AvgIpc) is 2.73. The van der Waals surface area contributed by atoms with Crippen LogP contribution in [0.25, 0.3) is 0 Å². The van der Waals surface area contributed by atoms with E-state index in [1.165, 1.54) is 33.4 Å². The monoisotopic (exact) mass is 284 g/mol. The van der Waals surface area contributed by atoms with Gasteiger partial charge in [-0.2, -0.15) is 0 Å². The second-order valence-corrected chi connectivity index (χ2v) is 6.29. The molecule has 106 valence electrons. The summed E-state index contributed by atoms with van der Waals surface area (Å²) in [6.45, 7) is 0.101. The Morgan fingerprint density at radius 2 is 1.27 bits per heavy atom. The normalized spacial score (nSPS) is 20.2. The van der Waals surface area contributed by atoms with Crippen LogP contribution in [0.1, 0.15) is 50.8 Å². The summed E-state index contributed by atoms with van der Waals surface area (Å²) >= 11 is 0. The van der Waals surface area contributed by atoms with Crippen LogP contribution in [0.4, 0.5) is 0 Å². The average molecular weight is 284 g/mol. The lowest BCUT2D eigenvalue weighted by Gasteiger charge is -2.31. The van der Waals surface area contributed by atoms with E-state index >= 15 is 0 Å². The smallest absolute Gasteiger partial charge is 0.0681 e. The van der Waals surface area contributed by atoms with Crippen LogP contribution >= 0.6 is 0 Å². The van der Waals surface area contributed by atoms with Gasteiger partial charge in [0, 0.05) is 11.8 Å². The van der Waals surface area contributed by atoms with Crippen LogP contribution in [0, 0.1) is 0 Å². The van der Waals surface area contributed by atoms with E-state index in [0.29, 0.717) is 5.92 Å². The summed E-state index contributed by atoms with van der Waals surface area (Å²) in [6, 6.07) is 24.3. The zero-order valence-corrected chi connectivity index (χ0v) is 12.2. The highest BCUT2D eigenvalue weighted by Gasteiger charge is 2.36. The lowest BCUT2D eigenvalue weighted by Crippen LogP contribution is -2.17. The largest absolute Gasteiger partial charge is 0.392 e. The Bertz CT molecular complexity index is 894. The van der Waals surface area contributed by atoms with E-state index in [1.54, 1.807) is 0 Å². The molecule has 0 heterocycles. The molecule has 0 spiro atoms. The molecule has 1 heteroatoms. The van der Waals surface area contributed by atoms with Crippen LogP contribution in [0.5, 0.6) is 0 Å². The van der Waals surface area contributed by atoms with Gasteiger partial charge in [-0.1, -0.05) is 66.7 Å². The van der Waals surface area contributed by atoms with Gasteiger partial charge in [-0.3, -0.25) is 0 Å². The molecule has 0 aliphatic heterocycles. The molecular weight excluding hydrogens is 268 g/mol. The van der Waals surface area contributed by atoms with Gasteiger partial charge in [-0.05, 0) is 38.9 Å². The number of aliphatic hydroxyl groups is 1. The Kier molecular flexibility index (Phi) is 2.39. The maximum Gasteiger partial charge on any atom is 0.0681 e. The second-order valence-electron chi connectivity index (χ2n) is 6.29. The van der Waals surface area contributed by atoms with Crippen molar-refractivity contribution in [3.63, 3.8) is 0 Å². The molecule has 0 radical (unpaired) electrons. The van der Waals surface area contributed by atoms with Crippen molar-refractivity contribution in [1.29, 1.82) is 0 Å². The van der Waals surface area contributed by atoms with E-state index in [4.69, 9.17) is 0 Å². The van der Waals surface area contributed by atoms with Crippen LogP contribution in [0.3, 0.4) is 0 Å². The van der Waals surface area contributed by atoms with E-state index < -0.39 is 0 Å². The number of benzene rings is 3. The van der Waals surface area contributed by atoms with Gasteiger partial charge in [0.25, 0.3) is 0 Å². The molecule has 3 aromatic rings. The van der Waals surface area contributed by atoms with Crippen molar-refractivity contribution in [2.45, 2.75) is 18.4 Å². The molecule has 0 saturated carbocycles. The lowest BCUT2D eigenvalue weighted by molar-refractivity contribution is 0.281. The first-order valence-corrected chi connectivity index (χ1v) is 7.79. The summed E-state index contributed by atoms with van der Waals surface area (Å²) in [5, 5.41) is 9.52. The summed E-state index contributed by atoms with van der Waals surface area (Å²) < 4.78 is 0. The summed E-state index contributed by atoms with van der Waals surface area (Å²) in [6.07, 6.45) is 0. The molecule has 6 rings (SSSR count). The van der Waals surface area contributed by atoms with E-state index in [1.807, 2.05) is 0 Å². The highest BCUT2D eigenvalue weighted by atomic mass is 16.3. The Labute approximate surface area is 129 Å². The summed E-state index contributed by atoms with van der Waals surface area (Å²) in [5.41, 5.74) is 9.33. The van der Waals surface area contributed by atoms with E-state index in [2.05, 4.69) is 66.7 Å². The third-order valence-electron chi connectivity index (χ3n) is 5.15. The van der Waals surface area contributed by atoms with Crippen molar-refractivity contribution in [3.8, 4) is 0 Å². The molecule has 3 aliphatic carbocycles. The van der Waals surface area contributed by atoms with Gasteiger partial charge in [0.15, 0.2) is 0 Å². The van der Waals surface area contributed by atoms with Crippen molar-refractivity contribution < 1.29 is 5.11 Å². The predicted molar refractivity (Wildman–Crippen MR) is 87.1 cm³/mol. The first kappa shape index (κ1) is 12.2. The van der Waals surface area contributed by atoms with Gasteiger partial charge in [-0.25, -0.2) is 0 Å². The number of rotatable bonds is 1. The van der Waals surface area contributed by atoms with Crippen LogP contribution in [-0.2, 0) is 6.61 Å². The summed E-state index contributed by atoms with van der Waals surface area (Å²) in [5.74, 6) is 0.606. The highest BCUT2D eigenvalue weighted by molar-refractivity contribution is 5.64. The van der Waals surface area contributed by atoms with Gasteiger partial charge in [0.05, 0.1) is 6.61 Å². The molecular formula is C21H16O. The third-order valence-corrected chi connectivity index (χ3v) is 5.15. The Morgan fingerprint density at radius 3 is 1.95 bits per heavy atom. The number of aliphatic hydroxyl groups excluding tert-OH is 1. The Morgan fingerprint density at radius 1 is 0.636 bits per heavy atom. The van der Waals surface area contributed by atoms with Crippen molar-refractivity contribution in [2.75, 3.05) is 0 Å².